The first kappa shape index (κ1) is 28.2. The van der Waals surface area contributed by atoms with Crippen molar-refractivity contribution in [2.24, 2.45) is 0 Å². The van der Waals surface area contributed by atoms with Crippen molar-refractivity contribution in [1.29, 1.82) is 0 Å². The smallest absolute Gasteiger partial charge is 0.475 e. The molecule has 1 amide bonds. The third kappa shape index (κ3) is 6.98. The summed E-state index contributed by atoms with van der Waals surface area (Å²) in [7, 11) is 5.78. The number of ether oxygens (including phenoxy) is 1. The number of nitrogens with zero attached hydrogens (tertiary/aromatic N) is 3. The van der Waals surface area contributed by atoms with Gasteiger partial charge in [-0.2, -0.15) is 13.2 Å². The van der Waals surface area contributed by atoms with E-state index in [2.05, 4.69) is 57.5 Å². The van der Waals surface area contributed by atoms with Crippen LogP contribution in [0.4, 0.5) is 13.2 Å². The summed E-state index contributed by atoms with van der Waals surface area (Å²) in [5, 5.41) is 11.4. The molecule has 0 unspecified atom stereocenters. The van der Waals surface area contributed by atoms with Gasteiger partial charge < -0.3 is 29.2 Å². The maximum Gasteiger partial charge on any atom is 0.490 e. The number of aliphatic carboxylic acids is 1. The molecular formula is C24H33F3N4O4. The van der Waals surface area contributed by atoms with Crippen LogP contribution in [0.25, 0.3) is 21.9 Å². The van der Waals surface area contributed by atoms with E-state index in [0.29, 0.717) is 31.4 Å². The largest absolute Gasteiger partial charge is 0.490 e. The van der Waals surface area contributed by atoms with Gasteiger partial charge in [0.1, 0.15) is 5.69 Å². The van der Waals surface area contributed by atoms with Gasteiger partial charge in [-0.1, -0.05) is 18.2 Å². The minimum Gasteiger partial charge on any atom is -0.475 e. The number of benzene rings is 1. The highest BCUT2D eigenvalue weighted by atomic mass is 19.4. The molecule has 0 atom stereocenters. The molecule has 0 radical (unpaired) electrons. The molecule has 0 saturated heterocycles. The zero-order valence-electron chi connectivity index (χ0n) is 20.6. The van der Waals surface area contributed by atoms with E-state index in [1.54, 1.807) is 7.11 Å². The highest BCUT2D eigenvalue weighted by Crippen LogP contribution is 2.34. The Morgan fingerprint density at radius 3 is 2.34 bits per heavy atom. The van der Waals surface area contributed by atoms with Gasteiger partial charge >= 0.3 is 12.1 Å². The molecule has 0 fully saturated rings. The number of hydrogen-bond donors (Lipinski definition) is 2. The molecule has 35 heavy (non-hydrogen) atoms. The minimum atomic E-state index is -5.08. The second-order valence-electron chi connectivity index (χ2n) is 8.60. The highest BCUT2D eigenvalue weighted by molar-refractivity contribution is 6.10. The summed E-state index contributed by atoms with van der Waals surface area (Å²) >= 11 is 0. The summed E-state index contributed by atoms with van der Waals surface area (Å²) in [6.07, 6.45) is -4.15. The Morgan fingerprint density at radius 2 is 1.80 bits per heavy atom. The van der Waals surface area contributed by atoms with E-state index in [1.807, 2.05) is 20.2 Å². The number of carboxylic acids is 1. The molecule has 0 aliphatic rings. The summed E-state index contributed by atoms with van der Waals surface area (Å²) in [4.78, 5) is 24.0. The molecule has 1 aromatic carbocycles. The fraction of sp³-hybridized carbons (Fsp3) is 0.500. The van der Waals surface area contributed by atoms with E-state index in [-0.39, 0.29) is 5.91 Å². The van der Waals surface area contributed by atoms with E-state index >= 15 is 0 Å². The lowest BCUT2D eigenvalue weighted by Gasteiger charge is -2.12. The molecule has 3 aromatic rings. The third-order valence-corrected chi connectivity index (χ3v) is 5.33. The van der Waals surface area contributed by atoms with Crippen molar-refractivity contribution in [1.82, 2.24) is 19.4 Å². The average Bonchev–Trinajstić information content (AvgIpc) is 3.29. The molecule has 0 spiro atoms. The molecule has 8 nitrogen and oxygen atoms in total. The number of para-hydroxylation sites is 1. The molecular weight excluding hydrogens is 465 g/mol. The fourth-order valence-corrected chi connectivity index (χ4v) is 3.86. The summed E-state index contributed by atoms with van der Waals surface area (Å²) in [6.45, 7) is 7.19. The number of rotatable bonds is 9. The Balaban J connectivity index is 0.000000540. The van der Waals surface area contributed by atoms with Crippen molar-refractivity contribution in [3.63, 3.8) is 0 Å². The van der Waals surface area contributed by atoms with Crippen LogP contribution in [0, 0.1) is 0 Å². The second kappa shape index (κ2) is 12.1. The number of fused-ring (bicyclic) bond motifs is 3. The number of methoxy groups -OCH3 is 1. The van der Waals surface area contributed by atoms with Crippen LogP contribution in [0.1, 0.15) is 36.8 Å². The van der Waals surface area contributed by atoms with Crippen LogP contribution in [0.15, 0.2) is 30.3 Å². The van der Waals surface area contributed by atoms with Gasteiger partial charge in [0.2, 0.25) is 0 Å². The van der Waals surface area contributed by atoms with Crippen molar-refractivity contribution >= 4 is 33.8 Å². The molecule has 0 bridgehead atoms. The van der Waals surface area contributed by atoms with Gasteiger partial charge in [-0.05, 0) is 53.0 Å². The van der Waals surface area contributed by atoms with E-state index in [1.165, 1.54) is 10.9 Å². The number of nitrogens with one attached hydrogen (secondary N) is 1. The molecule has 0 aliphatic carbocycles. The molecule has 2 heterocycles. The second-order valence-corrected chi connectivity index (χ2v) is 8.60. The normalized spacial score (nSPS) is 11.8. The zero-order valence-corrected chi connectivity index (χ0v) is 20.6. The highest BCUT2D eigenvalue weighted by Gasteiger charge is 2.38. The lowest BCUT2D eigenvalue weighted by molar-refractivity contribution is -0.192. The average molecular weight is 499 g/mol. The Hall–Kier alpha value is -3.05. The first-order chi connectivity index (χ1) is 16.4. The summed E-state index contributed by atoms with van der Waals surface area (Å²) < 4.78 is 41.5. The first-order valence-electron chi connectivity index (χ1n) is 11.2. The molecule has 0 aliphatic heterocycles. The molecule has 0 saturated carbocycles. The summed E-state index contributed by atoms with van der Waals surface area (Å²) in [6, 6.07) is 10.7. The van der Waals surface area contributed by atoms with Crippen LogP contribution in [0.2, 0.25) is 0 Å². The van der Waals surface area contributed by atoms with Gasteiger partial charge in [0.15, 0.2) is 0 Å². The topological polar surface area (TPSA) is 88.7 Å². The number of alkyl halides is 3. The van der Waals surface area contributed by atoms with E-state index in [4.69, 9.17) is 14.6 Å². The predicted octanol–water partition coefficient (Wildman–Crippen LogP) is 4.14. The lowest BCUT2D eigenvalue weighted by atomic mass is 10.2. The minimum absolute atomic E-state index is 0.0227. The molecule has 2 aromatic heterocycles. The van der Waals surface area contributed by atoms with Crippen molar-refractivity contribution in [3.05, 3.63) is 36.0 Å². The summed E-state index contributed by atoms with van der Waals surface area (Å²) in [5.74, 6) is -2.78. The number of halogens is 3. The van der Waals surface area contributed by atoms with Gasteiger partial charge in [-0.25, -0.2) is 4.79 Å². The maximum atomic E-state index is 13.0. The number of amides is 1. The van der Waals surface area contributed by atoms with E-state index in [9.17, 15) is 18.0 Å². The number of aromatic nitrogens is 2. The number of hydrogen-bond acceptors (Lipinski definition) is 4. The van der Waals surface area contributed by atoms with Crippen molar-refractivity contribution in [2.75, 3.05) is 40.9 Å². The molecule has 194 valence electrons. The zero-order chi connectivity index (χ0) is 26.3. The number of carbonyl (C=O) groups is 2. The summed E-state index contributed by atoms with van der Waals surface area (Å²) in [5.41, 5.74) is 4.12. The Labute approximate surface area is 202 Å². The number of carbonyl (C=O) groups excluding carboxylic acids is 1. The van der Waals surface area contributed by atoms with Crippen molar-refractivity contribution in [3.8, 4) is 0 Å². The predicted molar refractivity (Wildman–Crippen MR) is 129 cm³/mol. The first-order valence-corrected chi connectivity index (χ1v) is 11.2. The lowest BCUT2D eigenvalue weighted by Crippen LogP contribution is -2.29. The van der Waals surface area contributed by atoms with E-state index in [0.717, 1.165) is 24.0 Å². The van der Waals surface area contributed by atoms with Crippen LogP contribution < -0.4 is 5.32 Å². The number of carboxylic acid groups (broad SMARTS) is 1. The SMILES string of the molecule is COCCn1c(C(=O)NCCCN(C)C)cc2c1c1ccccc1n2C(C)C.O=C(O)C(F)(F)F. The Kier molecular flexibility index (Phi) is 9.73. The van der Waals surface area contributed by atoms with Gasteiger partial charge in [-0.3, -0.25) is 4.79 Å². The Morgan fingerprint density at radius 1 is 1.17 bits per heavy atom. The molecule has 11 heteroatoms. The van der Waals surface area contributed by atoms with Crippen LogP contribution in [0.5, 0.6) is 0 Å². The van der Waals surface area contributed by atoms with Gasteiger partial charge in [0.05, 0.1) is 23.2 Å². The standard InChI is InChI=1S/C22H32N4O2.C2HF3O2/c1-16(2)26-18-10-7-6-9-17(18)21-19(26)15-20(25(21)13-14-28-5)22(27)23-11-8-12-24(3)4;3-2(4,5)1(6)7/h6-7,9-10,15-16H,8,11-14H2,1-5H3,(H,23,27);(H,6,7). The molecule has 3 rings (SSSR count). The van der Waals surface area contributed by atoms with Crippen LogP contribution in [-0.4, -0.2) is 78.1 Å². The quantitative estimate of drug-likeness (QED) is 0.433. The van der Waals surface area contributed by atoms with Crippen LogP contribution in [0.3, 0.4) is 0 Å². The van der Waals surface area contributed by atoms with Crippen LogP contribution >= 0.6 is 0 Å². The van der Waals surface area contributed by atoms with Gasteiger partial charge in [0, 0.05) is 31.6 Å². The van der Waals surface area contributed by atoms with E-state index < -0.39 is 12.1 Å². The van der Waals surface area contributed by atoms with Crippen molar-refractivity contribution in [2.45, 2.75) is 39.0 Å². The van der Waals surface area contributed by atoms with Crippen LogP contribution in [-0.2, 0) is 16.1 Å². The fourth-order valence-electron chi connectivity index (χ4n) is 3.86. The van der Waals surface area contributed by atoms with Crippen molar-refractivity contribution < 1.29 is 32.6 Å². The maximum absolute atomic E-state index is 13.0. The van der Waals surface area contributed by atoms with Gasteiger partial charge in [0.25, 0.3) is 5.91 Å². The third-order valence-electron chi connectivity index (χ3n) is 5.33. The Bertz CT molecular complexity index is 1150. The monoisotopic (exact) mass is 498 g/mol. The van der Waals surface area contributed by atoms with Gasteiger partial charge in [-0.15, -0.1) is 0 Å². The molecule has 2 N–H and O–H groups in total.